The number of hydrogen-bond donors (Lipinski definition) is 0. The van der Waals surface area contributed by atoms with E-state index in [1.807, 2.05) is 0 Å². The van der Waals surface area contributed by atoms with Crippen molar-refractivity contribution in [2.24, 2.45) is 0 Å². The highest BCUT2D eigenvalue weighted by Gasteiger charge is 2.09. The zero-order chi connectivity index (χ0) is 10.8. The fourth-order valence-corrected chi connectivity index (χ4v) is 1.79. The predicted octanol–water partition coefficient (Wildman–Crippen LogP) is 2.55. The molecule has 0 bridgehead atoms. The van der Waals surface area contributed by atoms with Crippen molar-refractivity contribution in [3.05, 3.63) is 35.9 Å². The van der Waals surface area contributed by atoms with Gasteiger partial charge in [-0.05, 0) is 35.8 Å². The lowest BCUT2D eigenvalue weighted by Gasteiger charge is -1.93. The number of rotatable bonds is 2. The molecule has 0 aliphatic heterocycles. The minimum absolute atomic E-state index is 0.167. The molecule has 0 spiro atoms. The Labute approximate surface area is 89.8 Å². The number of carbonyl (C=O) groups is 1. The van der Waals surface area contributed by atoms with Crippen LogP contribution in [0.2, 0.25) is 0 Å². The number of hydrogen-bond acceptors (Lipinski definition) is 4. The quantitative estimate of drug-likeness (QED) is 0.733. The molecule has 0 saturated heterocycles. The van der Waals surface area contributed by atoms with E-state index in [9.17, 15) is 9.18 Å². The van der Waals surface area contributed by atoms with Crippen LogP contribution >= 0.6 is 11.5 Å². The molecule has 1 aromatic carbocycles. The van der Waals surface area contributed by atoms with Crippen molar-refractivity contribution in [2.45, 2.75) is 6.92 Å². The fraction of sp³-hybridized carbons (Fsp3) is 0.100. The molecule has 0 fully saturated rings. The summed E-state index contributed by atoms with van der Waals surface area (Å²) in [4.78, 5) is 15.0. The second-order valence-electron chi connectivity index (χ2n) is 2.99. The van der Waals surface area contributed by atoms with Crippen LogP contribution in [0, 0.1) is 5.82 Å². The average Bonchev–Trinajstić information content (AvgIpc) is 2.68. The molecule has 76 valence electrons. The van der Waals surface area contributed by atoms with E-state index < -0.39 is 0 Å². The van der Waals surface area contributed by atoms with E-state index >= 15 is 0 Å². The SMILES string of the molecule is CC(=O)c1nsc(-c2ccc(F)cc2)n1. The van der Waals surface area contributed by atoms with Crippen LogP contribution in [-0.2, 0) is 0 Å². The highest BCUT2D eigenvalue weighted by molar-refractivity contribution is 7.09. The van der Waals surface area contributed by atoms with E-state index in [0.717, 1.165) is 17.1 Å². The molecule has 0 N–H and O–H groups in total. The molecule has 0 unspecified atom stereocenters. The molecule has 15 heavy (non-hydrogen) atoms. The molecule has 0 atom stereocenters. The van der Waals surface area contributed by atoms with Gasteiger partial charge in [0.1, 0.15) is 10.8 Å². The van der Waals surface area contributed by atoms with Crippen molar-refractivity contribution >= 4 is 17.3 Å². The van der Waals surface area contributed by atoms with Crippen molar-refractivity contribution in [2.75, 3.05) is 0 Å². The summed E-state index contributed by atoms with van der Waals surface area (Å²) in [5, 5.41) is 0.625. The van der Waals surface area contributed by atoms with Gasteiger partial charge >= 0.3 is 0 Å². The van der Waals surface area contributed by atoms with Crippen LogP contribution in [-0.4, -0.2) is 15.1 Å². The summed E-state index contributed by atoms with van der Waals surface area (Å²) in [6.07, 6.45) is 0. The molecule has 3 nitrogen and oxygen atoms in total. The standard InChI is InChI=1S/C10H7FN2OS/c1-6(14)9-12-10(15-13-9)7-2-4-8(11)5-3-7/h2-5H,1H3. The molecule has 0 radical (unpaired) electrons. The first-order valence-corrected chi connectivity index (χ1v) is 5.05. The van der Waals surface area contributed by atoms with Crippen molar-refractivity contribution in [3.8, 4) is 10.6 Å². The maximum absolute atomic E-state index is 12.6. The second kappa shape index (κ2) is 3.86. The number of aromatic nitrogens is 2. The molecule has 0 saturated carbocycles. The van der Waals surface area contributed by atoms with Crippen LogP contribution < -0.4 is 0 Å². The summed E-state index contributed by atoms with van der Waals surface area (Å²) >= 11 is 1.13. The maximum Gasteiger partial charge on any atom is 0.209 e. The third kappa shape index (κ3) is 2.07. The Balaban J connectivity index is 2.37. The Morgan fingerprint density at radius 3 is 2.53 bits per heavy atom. The number of ketones is 1. The van der Waals surface area contributed by atoms with Gasteiger partial charge in [-0.1, -0.05) is 0 Å². The number of carbonyl (C=O) groups excluding carboxylic acids is 1. The van der Waals surface area contributed by atoms with Gasteiger partial charge in [-0.15, -0.1) is 0 Å². The molecular weight excluding hydrogens is 215 g/mol. The first-order valence-electron chi connectivity index (χ1n) is 4.27. The Morgan fingerprint density at radius 1 is 1.33 bits per heavy atom. The molecule has 2 aromatic rings. The first-order chi connectivity index (χ1) is 7.16. The number of Topliss-reactive ketones (excluding diaryl/α,β-unsaturated/α-hetero) is 1. The normalized spacial score (nSPS) is 10.3. The molecule has 0 aliphatic carbocycles. The maximum atomic E-state index is 12.6. The summed E-state index contributed by atoms with van der Waals surface area (Å²) in [5.74, 6) is -0.256. The zero-order valence-electron chi connectivity index (χ0n) is 7.90. The first kappa shape index (κ1) is 9.92. The largest absolute Gasteiger partial charge is 0.291 e. The van der Waals surface area contributed by atoms with Crippen molar-refractivity contribution in [3.63, 3.8) is 0 Å². The van der Waals surface area contributed by atoms with E-state index in [4.69, 9.17) is 0 Å². The highest BCUT2D eigenvalue weighted by Crippen LogP contribution is 2.21. The lowest BCUT2D eigenvalue weighted by Crippen LogP contribution is -1.93. The third-order valence-corrected chi connectivity index (χ3v) is 2.60. The van der Waals surface area contributed by atoms with Gasteiger partial charge in [-0.25, -0.2) is 9.37 Å². The summed E-state index contributed by atoms with van der Waals surface area (Å²) in [6.45, 7) is 1.41. The van der Waals surface area contributed by atoms with Crippen LogP contribution in [0.15, 0.2) is 24.3 Å². The van der Waals surface area contributed by atoms with Gasteiger partial charge < -0.3 is 0 Å². The summed E-state index contributed by atoms with van der Waals surface area (Å²) in [5.41, 5.74) is 0.765. The summed E-state index contributed by atoms with van der Waals surface area (Å²) in [7, 11) is 0. The van der Waals surface area contributed by atoms with Gasteiger partial charge in [0.15, 0.2) is 5.78 Å². The van der Waals surface area contributed by atoms with E-state index in [-0.39, 0.29) is 17.4 Å². The van der Waals surface area contributed by atoms with Crippen molar-refractivity contribution in [1.82, 2.24) is 9.36 Å². The Bertz CT molecular complexity index is 492. The fourth-order valence-electron chi connectivity index (χ4n) is 1.08. The molecule has 2 rings (SSSR count). The van der Waals surface area contributed by atoms with Gasteiger partial charge in [0.2, 0.25) is 5.82 Å². The minimum atomic E-state index is -0.296. The van der Waals surface area contributed by atoms with Gasteiger partial charge in [0.25, 0.3) is 0 Å². The van der Waals surface area contributed by atoms with Gasteiger partial charge in [0.05, 0.1) is 0 Å². The number of nitrogens with zero attached hydrogens (tertiary/aromatic N) is 2. The highest BCUT2D eigenvalue weighted by atomic mass is 32.1. The Kier molecular flexibility index (Phi) is 2.55. The van der Waals surface area contributed by atoms with E-state index in [0.29, 0.717) is 5.01 Å². The van der Waals surface area contributed by atoms with Crippen molar-refractivity contribution in [1.29, 1.82) is 0 Å². The Morgan fingerprint density at radius 2 is 2.00 bits per heavy atom. The van der Waals surface area contributed by atoms with Gasteiger partial charge in [-0.3, -0.25) is 4.79 Å². The average molecular weight is 222 g/mol. The molecule has 1 aromatic heterocycles. The summed E-state index contributed by atoms with van der Waals surface area (Å²) < 4.78 is 16.6. The van der Waals surface area contributed by atoms with Gasteiger partial charge in [0, 0.05) is 12.5 Å². The van der Waals surface area contributed by atoms with E-state index in [2.05, 4.69) is 9.36 Å². The van der Waals surface area contributed by atoms with Crippen molar-refractivity contribution < 1.29 is 9.18 Å². The Hall–Kier alpha value is -1.62. The molecule has 5 heteroatoms. The second-order valence-corrected chi connectivity index (χ2v) is 3.74. The van der Waals surface area contributed by atoms with Crippen LogP contribution in [0.3, 0.4) is 0 Å². The van der Waals surface area contributed by atoms with Crippen LogP contribution in [0.1, 0.15) is 17.5 Å². The predicted molar refractivity (Wildman–Crippen MR) is 55.3 cm³/mol. The molecule has 0 aliphatic rings. The molecule has 0 amide bonds. The molecular formula is C10H7FN2OS. The van der Waals surface area contributed by atoms with Gasteiger partial charge in [-0.2, -0.15) is 4.37 Å². The van der Waals surface area contributed by atoms with Crippen LogP contribution in [0.4, 0.5) is 4.39 Å². The third-order valence-electron chi connectivity index (χ3n) is 1.83. The van der Waals surface area contributed by atoms with E-state index in [1.54, 1.807) is 12.1 Å². The monoisotopic (exact) mass is 222 g/mol. The van der Waals surface area contributed by atoms with Crippen LogP contribution in [0.25, 0.3) is 10.6 Å². The molecule has 1 heterocycles. The van der Waals surface area contributed by atoms with Crippen LogP contribution in [0.5, 0.6) is 0 Å². The topological polar surface area (TPSA) is 42.9 Å². The lowest BCUT2D eigenvalue weighted by molar-refractivity contribution is 0.100. The summed E-state index contributed by atoms with van der Waals surface area (Å²) in [6, 6.07) is 5.92. The van der Waals surface area contributed by atoms with E-state index in [1.165, 1.54) is 19.1 Å². The number of benzene rings is 1. The zero-order valence-corrected chi connectivity index (χ0v) is 8.71. The smallest absolute Gasteiger partial charge is 0.209 e. The minimum Gasteiger partial charge on any atom is -0.291 e. The number of halogens is 1. The lowest BCUT2D eigenvalue weighted by atomic mass is 10.2.